The SMILES string of the molecule is CCCCCn1c(=S)[nH]c2cccc(C)c21. The molecule has 1 aromatic carbocycles. The van der Waals surface area contributed by atoms with Gasteiger partial charge in [-0.2, -0.15) is 0 Å². The van der Waals surface area contributed by atoms with Crippen molar-refractivity contribution in [2.75, 3.05) is 0 Å². The molecule has 0 aliphatic carbocycles. The Bertz CT molecular complexity index is 536. The summed E-state index contributed by atoms with van der Waals surface area (Å²) >= 11 is 5.37. The summed E-state index contributed by atoms with van der Waals surface area (Å²) in [6.07, 6.45) is 3.71. The highest BCUT2D eigenvalue weighted by molar-refractivity contribution is 7.71. The van der Waals surface area contributed by atoms with Gasteiger partial charge >= 0.3 is 0 Å². The number of aromatic nitrogens is 2. The third kappa shape index (κ3) is 2.05. The number of fused-ring (bicyclic) bond motifs is 1. The lowest BCUT2D eigenvalue weighted by atomic mass is 10.2. The van der Waals surface area contributed by atoms with Crippen LogP contribution in [0.1, 0.15) is 31.7 Å². The fraction of sp³-hybridized carbons (Fsp3) is 0.462. The van der Waals surface area contributed by atoms with Gasteiger partial charge < -0.3 is 9.55 Å². The number of benzene rings is 1. The quantitative estimate of drug-likeness (QED) is 0.621. The highest BCUT2D eigenvalue weighted by atomic mass is 32.1. The second-order valence-corrected chi connectivity index (χ2v) is 4.65. The molecule has 0 aliphatic rings. The van der Waals surface area contributed by atoms with E-state index in [4.69, 9.17) is 12.2 Å². The van der Waals surface area contributed by atoms with Crippen molar-refractivity contribution in [2.24, 2.45) is 0 Å². The van der Waals surface area contributed by atoms with Gasteiger partial charge in [0, 0.05) is 6.54 Å². The topological polar surface area (TPSA) is 20.7 Å². The van der Waals surface area contributed by atoms with Crippen LogP contribution in [-0.4, -0.2) is 9.55 Å². The average molecular weight is 234 g/mol. The third-order valence-electron chi connectivity index (χ3n) is 2.98. The molecule has 16 heavy (non-hydrogen) atoms. The normalized spacial score (nSPS) is 11.1. The van der Waals surface area contributed by atoms with E-state index < -0.39 is 0 Å². The highest BCUT2D eigenvalue weighted by Gasteiger charge is 2.05. The van der Waals surface area contributed by atoms with Gasteiger partial charge in [0.1, 0.15) is 0 Å². The van der Waals surface area contributed by atoms with Gasteiger partial charge in [-0.3, -0.25) is 0 Å². The molecule has 2 aromatic rings. The predicted octanol–water partition coefficient (Wildman–Crippen LogP) is 4.20. The molecular weight excluding hydrogens is 216 g/mol. The Morgan fingerprint density at radius 3 is 2.88 bits per heavy atom. The van der Waals surface area contributed by atoms with Crippen LogP contribution < -0.4 is 0 Å². The predicted molar refractivity (Wildman–Crippen MR) is 71.4 cm³/mol. The first-order valence-corrected chi connectivity index (χ1v) is 6.33. The number of H-pyrrole nitrogens is 1. The molecule has 2 nitrogen and oxygen atoms in total. The number of aromatic amines is 1. The standard InChI is InChI=1S/C13H18N2S/c1-3-4-5-9-15-12-10(2)7-6-8-11(12)14-13(15)16/h6-8H,3-5,9H2,1-2H3,(H,14,16). The first kappa shape index (κ1) is 11.4. The Hall–Kier alpha value is -1.09. The molecule has 1 N–H and O–H groups in total. The summed E-state index contributed by atoms with van der Waals surface area (Å²) in [6, 6.07) is 6.30. The van der Waals surface area contributed by atoms with E-state index in [2.05, 4.69) is 41.6 Å². The summed E-state index contributed by atoms with van der Waals surface area (Å²) < 4.78 is 3.08. The zero-order valence-corrected chi connectivity index (χ0v) is 10.7. The van der Waals surface area contributed by atoms with E-state index in [1.807, 2.05) is 0 Å². The molecule has 0 unspecified atom stereocenters. The van der Waals surface area contributed by atoms with Gasteiger partial charge in [0.2, 0.25) is 0 Å². The fourth-order valence-electron chi connectivity index (χ4n) is 2.14. The van der Waals surface area contributed by atoms with Crippen molar-refractivity contribution in [1.29, 1.82) is 0 Å². The van der Waals surface area contributed by atoms with Crippen LogP contribution in [0.4, 0.5) is 0 Å². The minimum Gasteiger partial charge on any atom is -0.331 e. The molecule has 0 amide bonds. The van der Waals surface area contributed by atoms with Gasteiger partial charge in [0.15, 0.2) is 4.77 Å². The Morgan fingerprint density at radius 2 is 2.12 bits per heavy atom. The molecule has 0 bridgehead atoms. The summed E-state index contributed by atoms with van der Waals surface area (Å²) in [6.45, 7) is 5.39. The number of aryl methyl sites for hydroxylation is 2. The molecule has 1 aromatic heterocycles. The molecule has 1 heterocycles. The van der Waals surface area contributed by atoms with E-state index in [9.17, 15) is 0 Å². The van der Waals surface area contributed by atoms with Crippen LogP contribution in [-0.2, 0) is 6.54 Å². The minimum absolute atomic E-state index is 0.848. The number of rotatable bonds is 4. The molecule has 0 spiro atoms. The van der Waals surface area contributed by atoms with Crippen LogP contribution in [0.5, 0.6) is 0 Å². The van der Waals surface area contributed by atoms with Gasteiger partial charge in [0.05, 0.1) is 11.0 Å². The summed E-state index contributed by atoms with van der Waals surface area (Å²) in [7, 11) is 0. The molecule has 0 saturated carbocycles. The number of para-hydroxylation sites is 1. The maximum atomic E-state index is 5.37. The maximum Gasteiger partial charge on any atom is 0.178 e. The van der Waals surface area contributed by atoms with Crippen molar-refractivity contribution in [3.05, 3.63) is 28.5 Å². The number of nitrogens with one attached hydrogen (secondary N) is 1. The molecule has 3 heteroatoms. The van der Waals surface area contributed by atoms with Crippen molar-refractivity contribution in [3.8, 4) is 0 Å². The summed E-state index contributed by atoms with van der Waals surface area (Å²) in [4.78, 5) is 3.27. The van der Waals surface area contributed by atoms with Crippen molar-refractivity contribution in [2.45, 2.75) is 39.7 Å². The van der Waals surface area contributed by atoms with Crippen molar-refractivity contribution in [3.63, 3.8) is 0 Å². The first-order chi connectivity index (χ1) is 7.74. The lowest BCUT2D eigenvalue weighted by molar-refractivity contribution is 0.608. The number of nitrogens with zero attached hydrogens (tertiary/aromatic N) is 1. The Labute approximate surface area is 101 Å². The monoisotopic (exact) mass is 234 g/mol. The minimum atomic E-state index is 0.848. The largest absolute Gasteiger partial charge is 0.331 e. The van der Waals surface area contributed by atoms with Gasteiger partial charge in [-0.05, 0) is 37.2 Å². The van der Waals surface area contributed by atoms with Crippen LogP contribution in [0.25, 0.3) is 11.0 Å². The maximum absolute atomic E-state index is 5.37. The van der Waals surface area contributed by atoms with Crippen LogP contribution in [0, 0.1) is 11.7 Å². The second kappa shape index (κ2) is 4.83. The lowest BCUT2D eigenvalue weighted by Gasteiger charge is -2.05. The lowest BCUT2D eigenvalue weighted by Crippen LogP contribution is -1.98. The van der Waals surface area contributed by atoms with Crippen molar-refractivity contribution in [1.82, 2.24) is 9.55 Å². The fourth-order valence-corrected chi connectivity index (χ4v) is 2.43. The smallest absolute Gasteiger partial charge is 0.178 e. The van der Waals surface area contributed by atoms with E-state index in [1.54, 1.807) is 0 Å². The molecule has 0 aliphatic heterocycles. The zero-order chi connectivity index (χ0) is 11.5. The Kier molecular flexibility index (Phi) is 3.44. The van der Waals surface area contributed by atoms with E-state index in [-0.39, 0.29) is 0 Å². The van der Waals surface area contributed by atoms with E-state index in [1.165, 1.54) is 30.3 Å². The Morgan fingerprint density at radius 1 is 1.31 bits per heavy atom. The van der Waals surface area contributed by atoms with Crippen molar-refractivity contribution < 1.29 is 0 Å². The summed E-state index contributed by atoms with van der Waals surface area (Å²) in [5, 5.41) is 0. The highest BCUT2D eigenvalue weighted by Crippen LogP contribution is 2.18. The van der Waals surface area contributed by atoms with E-state index in [0.717, 1.165) is 16.8 Å². The molecule has 0 saturated heterocycles. The van der Waals surface area contributed by atoms with Crippen molar-refractivity contribution >= 4 is 23.3 Å². The number of unbranched alkanes of at least 4 members (excludes halogenated alkanes) is 2. The molecule has 0 fully saturated rings. The van der Waals surface area contributed by atoms with Crippen LogP contribution in [0.15, 0.2) is 18.2 Å². The van der Waals surface area contributed by atoms with E-state index in [0.29, 0.717) is 0 Å². The molecule has 0 atom stereocenters. The van der Waals surface area contributed by atoms with Gasteiger partial charge in [-0.25, -0.2) is 0 Å². The van der Waals surface area contributed by atoms with Gasteiger partial charge in [-0.15, -0.1) is 0 Å². The first-order valence-electron chi connectivity index (χ1n) is 5.92. The van der Waals surface area contributed by atoms with Crippen LogP contribution in [0.3, 0.4) is 0 Å². The zero-order valence-electron chi connectivity index (χ0n) is 9.92. The van der Waals surface area contributed by atoms with Gasteiger partial charge in [-0.1, -0.05) is 31.9 Å². The van der Waals surface area contributed by atoms with Crippen LogP contribution >= 0.6 is 12.2 Å². The van der Waals surface area contributed by atoms with E-state index >= 15 is 0 Å². The summed E-state index contributed by atoms with van der Waals surface area (Å²) in [5.74, 6) is 0. The average Bonchev–Trinajstić information content (AvgIpc) is 2.57. The summed E-state index contributed by atoms with van der Waals surface area (Å²) in [5.41, 5.74) is 3.71. The molecular formula is C13H18N2S. The number of hydrogen-bond donors (Lipinski definition) is 1. The molecule has 2 rings (SSSR count). The molecule has 0 radical (unpaired) electrons. The number of hydrogen-bond acceptors (Lipinski definition) is 1. The van der Waals surface area contributed by atoms with Gasteiger partial charge in [0.25, 0.3) is 0 Å². The third-order valence-corrected chi connectivity index (χ3v) is 3.30. The second-order valence-electron chi connectivity index (χ2n) is 4.26. The number of imidazole rings is 1. The Balaban J connectivity index is 2.43. The van der Waals surface area contributed by atoms with Crippen LogP contribution in [0.2, 0.25) is 0 Å². The molecule has 86 valence electrons.